The molecule has 0 atom stereocenters. The van der Waals surface area contributed by atoms with Gasteiger partial charge in [0.15, 0.2) is 15.2 Å². The molecule has 6 heteroatoms. The third-order valence-corrected chi connectivity index (χ3v) is 4.03. The molecule has 1 aromatic heterocycles. The number of nitrogens with one attached hydrogen (secondary N) is 1. The van der Waals surface area contributed by atoms with Gasteiger partial charge in [0.05, 0.1) is 7.11 Å². The standard InChI is InChI=1S/C11H17ClN2O2S/c1-4-7(5-2)6-13-11-14-9(12)8(17-11)10(15)16-3/h7H,4-6H2,1-3H3,(H,13,14). The van der Waals surface area contributed by atoms with Crippen molar-refractivity contribution in [2.75, 3.05) is 19.0 Å². The number of hydrogen-bond donors (Lipinski definition) is 1. The van der Waals surface area contributed by atoms with Gasteiger partial charge in [0.1, 0.15) is 0 Å². The van der Waals surface area contributed by atoms with Gasteiger partial charge in [-0.05, 0) is 5.92 Å². The van der Waals surface area contributed by atoms with Crippen LogP contribution in [0.4, 0.5) is 5.13 Å². The third kappa shape index (κ3) is 3.85. The Hall–Kier alpha value is -0.810. The molecule has 1 aromatic rings. The zero-order valence-corrected chi connectivity index (χ0v) is 11.8. The molecule has 1 heterocycles. The SMILES string of the molecule is CCC(CC)CNc1nc(Cl)c(C(=O)OC)s1. The van der Waals surface area contributed by atoms with Crippen molar-refractivity contribution >= 4 is 34.0 Å². The van der Waals surface area contributed by atoms with Crippen molar-refractivity contribution in [3.05, 3.63) is 10.0 Å². The summed E-state index contributed by atoms with van der Waals surface area (Å²) in [5.41, 5.74) is 0. The van der Waals surface area contributed by atoms with Crippen LogP contribution >= 0.6 is 22.9 Å². The van der Waals surface area contributed by atoms with E-state index in [1.165, 1.54) is 18.4 Å². The molecule has 17 heavy (non-hydrogen) atoms. The van der Waals surface area contributed by atoms with Crippen LogP contribution in [0.15, 0.2) is 0 Å². The molecular formula is C11H17ClN2O2S. The van der Waals surface area contributed by atoms with Crippen LogP contribution in [-0.2, 0) is 4.74 Å². The Morgan fingerprint density at radius 1 is 1.53 bits per heavy atom. The highest BCUT2D eigenvalue weighted by Gasteiger charge is 2.17. The lowest BCUT2D eigenvalue weighted by atomic mass is 10.0. The highest BCUT2D eigenvalue weighted by molar-refractivity contribution is 7.18. The van der Waals surface area contributed by atoms with Gasteiger partial charge in [-0.15, -0.1) is 0 Å². The number of aromatic nitrogens is 1. The van der Waals surface area contributed by atoms with Crippen LogP contribution in [0.1, 0.15) is 36.4 Å². The van der Waals surface area contributed by atoms with E-state index in [9.17, 15) is 4.79 Å². The van der Waals surface area contributed by atoms with Crippen molar-refractivity contribution < 1.29 is 9.53 Å². The van der Waals surface area contributed by atoms with E-state index in [-0.39, 0.29) is 5.15 Å². The van der Waals surface area contributed by atoms with Gasteiger partial charge in [-0.25, -0.2) is 9.78 Å². The molecule has 0 aliphatic carbocycles. The van der Waals surface area contributed by atoms with Gasteiger partial charge in [-0.3, -0.25) is 0 Å². The first-order valence-electron chi connectivity index (χ1n) is 5.60. The molecule has 0 aromatic carbocycles. The molecule has 0 radical (unpaired) electrons. The molecule has 0 saturated carbocycles. The molecular weight excluding hydrogens is 260 g/mol. The highest BCUT2D eigenvalue weighted by Crippen LogP contribution is 2.27. The Morgan fingerprint density at radius 3 is 2.71 bits per heavy atom. The second-order valence-electron chi connectivity index (χ2n) is 3.69. The molecule has 0 saturated heterocycles. The number of hydrogen-bond acceptors (Lipinski definition) is 5. The summed E-state index contributed by atoms with van der Waals surface area (Å²) in [6.07, 6.45) is 2.24. The average molecular weight is 277 g/mol. The van der Waals surface area contributed by atoms with E-state index in [2.05, 4.69) is 28.9 Å². The molecule has 0 spiro atoms. The van der Waals surface area contributed by atoms with Crippen LogP contribution in [0.5, 0.6) is 0 Å². The van der Waals surface area contributed by atoms with Gasteiger partial charge in [-0.1, -0.05) is 49.6 Å². The minimum absolute atomic E-state index is 0.203. The second-order valence-corrected chi connectivity index (χ2v) is 5.05. The summed E-state index contributed by atoms with van der Waals surface area (Å²) in [6.45, 7) is 5.16. The average Bonchev–Trinajstić information content (AvgIpc) is 2.71. The summed E-state index contributed by atoms with van der Waals surface area (Å²) in [4.78, 5) is 15.8. The maximum absolute atomic E-state index is 11.3. The van der Waals surface area contributed by atoms with Crippen molar-refractivity contribution in [3.8, 4) is 0 Å². The van der Waals surface area contributed by atoms with Crippen LogP contribution in [0.3, 0.4) is 0 Å². The minimum Gasteiger partial charge on any atom is -0.465 e. The highest BCUT2D eigenvalue weighted by atomic mass is 35.5. The molecule has 1 rings (SSSR count). The Balaban J connectivity index is 2.64. The van der Waals surface area contributed by atoms with Crippen molar-refractivity contribution in [3.63, 3.8) is 0 Å². The lowest BCUT2D eigenvalue weighted by Gasteiger charge is -2.11. The van der Waals surface area contributed by atoms with E-state index < -0.39 is 5.97 Å². The Kier molecular flexibility index (Phi) is 5.71. The maximum Gasteiger partial charge on any atom is 0.351 e. The first-order valence-corrected chi connectivity index (χ1v) is 6.80. The first kappa shape index (κ1) is 14.3. The molecule has 0 unspecified atom stereocenters. The maximum atomic E-state index is 11.3. The molecule has 1 N–H and O–H groups in total. The van der Waals surface area contributed by atoms with Crippen LogP contribution in [0.25, 0.3) is 0 Å². The molecule has 0 aliphatic heterocycles. The van der Waals surface area contributed by atoms with Crippen LogP contribution in [-0.4, -0.2) is 24.6 Å². The van der Waals surface area contributed by atoms with E-state index in [4.69, 9.17) is 11.6 Å². The molecule has 0 aliphatic rings. The van der Waals surface area contributed by atoms with Crippen LogP contribution in [0, 0.1) is 5.92 Å². The topological polar surface area (TPSA) is 51.2 Å². The monoisotopic (exact) mass is 276 g/mol. The molecule has 0 amide bonds. The second kappa shape index (κ2) is 6.81. The van der Waals surface area contributed by atoms with Crippen molar-refractivity contribution in [1.82, 2.24) is 4.98 Å². The number of nitrogens with zero attached hydrogens (tertiary/aromatic N) is 1. The number of halogens is 1. The zero-order chi connectivity index (χ0) is 12.8. The fourth-order valence-electron chi connectivity index (χ4n) is 1.40. The van der Waals surface area contributed by atoms with E-state index in [1.54, 1.807) is 0 Å². The Bertz CT molecular complexity index is 378. The quantitative estimate of drug-likeness (QED) is 0.809. The third-order valence-electron chi connectivity index (χ3n) is 2.65. The van der Waals surface area contributed by atoms with Crippen LogP contribution < -0.4 is 5.32 Å². The first-order chi connectivity index (χ1) is 8.12. The summed E-state index contributed by atoms with van der Waals surface area (Å²) < 4.78 is 4.62. The van der Waals surface area contributed by atoms with Gasteiger partial charge in [0, 0.05) is 6.54 Å². The van der Waals surface area contributed by atoms with Gasteiger partial charge in [0.25, 0.3) is 0 Å². The predicted molar refractivity (Wildman–Crippen MR) is 71.0 cm³/mol. The van der Waals surface area contributed by atoms with Crippen molar-refractivity contribution in [2.24, 2.45) is 5.92 Å². The molecule has 0 fully saturated rings. The molecule has 4 nitrogen and oxygen atoms in total. The van der Waals surface area contributed by atoms with E-state index in [1.807, 2.05) is 0 Å². The molecule has 96 valence electrons. The number of methoxy groups -OCH3 is 1. The number of thiazole rings is 1. The fourth-order valence-corrected chi connectivity index (χ4v) is 2.51. The molecule has 0 bridgehead atoms. The summed E-state index contributed by atoms with van der Waals surface area (Å²) in [6, 6.07) is 0. The number of esters is 1. The van der Waals surface area contributed by atoms with Crippen LogP contribution in [0.2, 0.25) is 5.15 Å². The lowest BCUT2D eigenvalue weighted by molar-refractivity contribution is 0.0606. The summed E-state index contributed by atoms with van der Waals surface area (Å²) in [5.74, 6) is 0.169. The number of ether oxygens (including phenoxy) is 1. The van der Waals surface area contributed by atoms with Gasteiger partial charge < -0.3 is 10.1 Å². The summed E-state index contributed by atoms with van der Waals surface area (Å²) in [5, 5.41) is 4.07. The van der Waals surface area contributed by atoms with Crippen molar-refractivity contribution in [1.29, 1.82) is 0 Å². The summed E-state index contributed by atoms with van der Waals surface area (Å²) in [7, 11) is 1.33. The zero-order valence-electron chi connectivity index (χ0n) is 10.2. The van der Waals surface area contributed by atoms with Gasteiger partial charge >= 0.3 is 5.97 Å². The minimum atomic E-state index is -0.442. The largest absolute Gasteiger partial charge is 0.465 e. The van der Waals surface area contributed by atoms with E-state index in [0.29, 0.717) is 15.9 Å². The van der Waals surface area contributed by atoms with E-state index >= 15 is 0 Å². The fraction of sp³-hybridized carbons (Fsp3) is 0.636. The number of carbonyl (C=O) groups is 1. The van der Waals surface area contributed by atoms with Gasteiger partial charge in [-0.2, -0.15) is 0 Å². The predicted octanol–water partition coefficient (Wildman–Crippen LogP) is 3.43. The number of anilines is 1. The van der Waals surface area contributed by atoms with Crippen molar-refractivity contribution in [2.45, 2.75) is 26.7 Å². The Labute approximate surface area is 110 Å². The lowest BCUT2D eigenvalue weighted by Crippen LogP contribution is -2.12. The number of rotatable bonds is 6. The number of carbonyl (C=O) groups excluding carboxylic acids is 1. The van der Waals surface area contributed by atoms with Gasteiger partial charge in [0.2, 0.25) is 0 Å². The van der Waals surface area contributed by atoms with E-state index in [0.717, 1.165) is 19.4 Å². The smallest absolute Gasteiger partial charge is 0.351 e. The summed E-state index contributed by atoms with van der Waals surface area (Å²) >= 11 is 7.09. The normalized spacial score (nSPS) is 10.6. The Morgan fingerprint density at radius 2 is 2.18 bits per heavy atom.